The molecule has 0 aliphatic carbocycles. The van der Waals surface area contributed by atoms with E-state index in [2.05, 4.69) is 5.10 Å². The summed E-state index contributed by atoms with van der Waals surface area (Å²) in [6, 6.07) is 9.59. The maximum absolute atomic E-state index is 14.6. The summed E-state index contributed by atoms with van der Waals surface area (Å²) in [7, 11) is 1.72. The SMILES string of the molecule is Cc1cccc(F)c1N1CCC(N2Cc3cn(C)nc3N(Cc3ccccc3C(F)(F)F)C2=O)C1. The van der Waals surface area contributed by atoms with Crippen molar-refractivity contribution in [3.05, 3.63) is 76.7 Å². The predicted molar refractivity (Wildman–Crippen MR) is 124 cm³/mol. The Morgan fingerprint density at radius 3 is 2.63 bits per heavy atom. The summed E-state index contributed by atoms with van der Waals surface area (Å²) in [6.07, 6.45) is -2.13. The largest absolute Gasteiger partial charge is 0.416 e. The number of hydrogen-bond acceptors (Lipinski definition) is 3. The maximum Gasteiger partial charge on any atom is 0.416 e. The molecule has 3 aromatic rings. The van der Waals surface area contributed by atoms with Gasteiger partial charge in [0.1, 0.15) is 5.82 Å². The van der Waals surface area contributed by atoms with Crippen molar-refractivity contribution in [2.45, 2.75) is 38.7 Å². The molecule has 2 amide bonds. The zero-order valence-electron chi connectivity index (χ0n) is 19.4. The van der Waals surface area contributed by atoms with Gasteiger partial charge in [-0.3, -0.25) is 9.58 Å². The zero-order valence-corrected chi connectivity index (χ0v) is 19.4. The number of hydrogen-bond donors (Lipinski definition) is 0. The molecule has 0 bridgehead atoms. The van der Waals surface area contributed by atoms with Gasteiger partial charge in [0.15, 0.2) is 5.82 Å². The second-order valence-electron chi connectivity index (χ2n) is 9.10. The van der Waals surface area contributed by atoms with Crippen molar-refractivity contribution in [3.8, 4) is 0 Å². The van der Waals surface area contributed by atoms with Crippen LogP contribution in [-0.2, 0) is 26.3 Å². The van der Waals surface area contributed by atoms with Crippen LogP contribution in [0, 0.1) is 12.7 Å². The second-order valence-corrected chi connectivity index (χ2v) is 9.10. The van der Waals surface area contributed by atoms with Gasteiger partial charge in [-0.15, -0.1) is 0 Å². The molecule has 3 heterocycles. The number of alkyl halides is 3. The topological polar surface area (TPSA) is 44.6 Å². The minimum atomic E-state index is -4.54. The fourth-order valence-electron chi connectivity index (χ4n) is 5.12. The number of carbonyl (C=O) groups is 1. The number of para-hydroxylation sites is 1. The predicted octanol–water partition coefficient (Wildman–Crippen LogP) is 5.11. The Labute approximate surface area is 200 Å². The molecule has 10 heteroatoms. The van der Waals surface area contributed by atoms with Gasteiger partial charge < -0.3 is 9.80 Å². The van der Waals surface area contributed by atoms with E-state index in [1.165, 1.54) is 29.2 Å². The van der Waals surface area contributed by atoms with E-state index in [-0.39, 0.29) is 24.0 Å². The molecule has 0 spiro atoms. The minimum Gasteiger partial charge on any atom is -0.367 e. The van der Waals surface area contributed by atoms with E-state index >= 15 is 0 Å². The first-order valence-corrected chi connectivity index (χ1v) is 11.4. The monoisotopic (exact) mass is 487 g/mol. The number of benzene rings is 2. The molecule has 6 nitrogen and oxygen atoms in total. The number of anilines is 2. The highest BCUT2D eigenvalue weighted by molar-refractivity contribution is 5.94. The van der Waals surface area contributed by atoms with Gasteiger partial charge in [-0.25, -0.2) is 9.18 Å². The number of fused-ring (bicyclic) bond motifs is 1. The fraction of sp³-hybridized carbons (Fsp3) is 0.360. The van der Waals surface area contributed by atoms with Crippen LogP contribution < -0.4 is 9.80 Å². The molecule has 0 N–H and O–H groups in total. The van der Waals surface area contributed by atoms with E-state index in [1.807, 2.05) is 17.9 Å². The molecule has 1 unspecified atom stereocenters. The molecule has 2 aliphatic rings. The highest BCUT2D eigenvalue weighted by Crippen LogP contribution is 2.37. The average molecular weight is 488 g/mol. The first-order valence-electron chi connectivity index (χ1n) is 11.4. The smallest absolute Gasteiger partial charge is 0.367 e. The van der Waals surface area contributed by atoms with Crippen LogP contribution in [-0.4, -0.2) is 39.8 Å². The van der Waals surface area contributed by atoms with Crippen molar-refractivity contribution in [1.29, 1.82) is 0 Å². The van der Waals surface area contributed by atoms with Crippen molar-refractivity contribution >= 4 is 17.5 Å². The van der Waals surface area contributed by atoms with Crippen molar-refractivity contribution in [3.63, 3.8) is 0 Å². The molecule has 0 radical (unpaired) electrons. The number of urea groups is 1. The highest BCUT2D eigenvalue weighted by atomic mass is 19.4. The summed E-state index contributed by atoms with van der Waals surface area (Å²) >= 11 is 0. The second kappa shape index (κ2) is 8.58. The molecule has 2 aromatic carbocycles. The van der Waals surface area contributed by atoms with Crippen molar-refractivity contribution in [2.24, 2.45) is 7.05 Å². The molecule has 1 aromatic heterocycles. The lowest BCUT2D eigenvalue weighted by atomic mass is 10.1. The molecule has 1 fully saturated rings. The highest BCUT2D eigenvalue weighted by Gasteiger charge is 2.41. The number of carbonyl (C=O) groups excluding carboxylic acids is 1. The van der Waals surface area contributed by atoms with Gasteiger partial charge in [0.25, 0.3) is 0 Å². The van der Waals surface area contributed by atoms with E-state index in [0.29, 0.717) is 37.6 Å². The quantitative estimate of drug-likeness (QED) is 0.481. The lowest BCUT2D eigenvalue weighted by molar-refractivity contribution is -0.138. The van der Waals surface area contributed by atoms with Gasteiger partial charge in [0.2, 0.25) is 0 Å². The number of rotatable bonds is 4. The molecule has 184 valence electrons. The third-order valence-electron chi connectivity index (χ3n) is 6.72. The van der Waals surface area contributed by atoms with Crippen LogP contribution >= 0.6 is 0 Å². The third kappa shape index (κ3) is 4.21. The molecule has 35 heavy (non-hydrogen) atoms. The Hall–Kier alpha value is -3.56. The molecule has 1 saturated heterocycles. The number of amides is 2. The summed E-state index contributed by atoms with van der Waals surface area (Å²) < 4.78 is 57.0. The first-order chi connectivity index (χ1) is 16.6. The van der Waals surface area contributed by atoms with E-state index in [9.17, 15) is 22.4 Å². The van der Waals surface area contributed by atoms with Crippen LogP contribution in [0.2, 0.25) is 0 Å². The van der Waals surface area contributed by atoms with E-state index < -0.39 is 17.8 Å². The standard InChI is InChI=1S/C25H25F4N5O/c1-16-6-5-9-21(26)22(16)32-11-10-19(15-32)33-14-18-12-31(2)30-23(18)34(24(33)35)13-17-7-3-4-8-20(17)25(27,28)29/h3-9,12,19H,10-11,13-15H2,1-2H3. The number of nitrogens with zero attached hydrogens (tertiary/aromatic N) is 5. The Bertz CT molecular complexity index is 1250. The number of aryl methyl sites for hydroxylation is 2. The van der Waals surface area contributed by atoms with Gasteiger partial charge >= 0.3 is 12.2 Å². The third-order valence-corrected chi connectivity index (χ3v) is 6.72. The van der Waals surface area contributed by atoms with E-state index in [0.717, 1.165) is 17.2 Å². The van der Waals surface area contributed by atoms with Crippen molar-refractivity contribution in [2.75, 3.05) is 22.9 Å². The molecule has 1 atom stereocenters. The van der Waals surface area contributed by atoms with Crippen molar-refractivity contribution in [1.82, 2.24) is 14.7 Å². The van der Waals surface area contributed by atoms with Gasteiger partial charge in [0.05, 0.1) is 30.4 Å². The molecule has 2 aliphatic heterocycles. The molecule has 5 rings (SSSR count). The fourth-order valence-corrected chi connectivity index (χ4v) is 5.12. The number of aromatic nitrogens is 2. The Morgan fingerprint density at radius 1 is 1.11 bits per heavy atom. The van der Waals surface area contributed by atoms with Crippen LogP contribution in [0.5, 0.6) is 0 Å². The lowest BCUT2D eigenvalue weighted by Crippen LogP contribution is -2.52. The lowest BCUT2D eigenvalue weighted by Gasteiger charge is -2.38. The summed E-state index contributed by atoms with van der Waals surface area (Å²) in [6.45, 7) is 2.91. The van der Waals surface area contributed by atoms with Crippen LogP contribution in [0.4, 0.5) is 33.9 Å². The van der Waals surface area contributed by atoms with Crippen LogP contribution in [0.15, 0.2) is 48.7 Å². The maximum atomic E-state index is 14.6. The average Bonchev–Trinajstić information content (AvgIpc) is 3.41. The molecular formula is C25H25F4N5O. The zero-order chi connectivity index (χ0) is 24.9. The Balaban J connectivity index is 1.45. The Morgan fingerprint density at radius 2 is 1.89 bits per heavy atom. The van der Waals surface area contributed by atoms with Crippen molar-refractivity contribution < 1.29 is 22.4 Å². The van der Waals surface area contributed by atoms with Gasteiger partial charge in [-0.2, -0.15) is 18.3 Å². The van der Waals surface area contributed by atoms with Gasteiger partial charge in [0, 0.05) is 31.9 Å². The molecular weight excluding hydrogens is 462 g/mol. The summed E-state index contributed by atoms with van der Waals surface area (Å²) in [5, 5.41) is 4.37. The minimum absolute atomic E-state index is 0.00170. The van der Waals surface area contributed by atoms with E-state index in [4.69, 9.17) is 0 Å². The first kappa shape index (κ1) is 23.2. The van der Waals surface area contributed by atoms with Crippen LogP contribution in [0.3, 0.4) is 0 Å². The van der Waals surface area contributed by atoms with Gasteiger partial charge in [-0.05, 0) is 36.6 Å². The molecule has 0 saturated carbocycles. The van der Waals surface area contributed by atoms with Crippen LogP contribution in [0.25, 0.3) is 0 Å². The van der Waals surface area contributed by atoms with Gasteiger partial charge in [-0.1, -0.05) is 30.3 Å². The summed E-state index contributed by atoms with van der Waals surface area (Å²) in [5.74, 6) is 0.0566. The van der Waals surface area contributed by atoms with E-state index in [1.54, 1.807) is 28.9 Å². The number of halogens is 4. The van der Waals surface area contributed by atoms with Crippen LogP contribution in [0.1, 0.15) is 28.7 Å². The normalized spacial score (nSPS) is 18.4. The Kier molecular flexibility index (Phi) is 5.69. The summed E-state index contributed by atoms with van der Waals surface area (Å²) in [5.41, 5.74) is 1.33. The summed E-state index contributed by atoms with van der Waals surface area (Å²) in [4.78, 5) is 18.6.